The van der Waals surface area contributed by atoms with Crippen molar-refractivity contribution in [2.45, 2.75) is 40.5 Å². The van der Waals surface area contributed by atoms with Gasteiger partial charge in [-0.25, -0.2) is 0 Å². The number of nitrogens with zero attached hydrogens (tertiary/aromatic N) is 6. The molecule has 0 fully saturated rings. The van der Waals surface area contributed by atoms with Crippen LogP contribution in [0.1, 0.15) is 51.9 Å². The number of ether oxygens (including phenoxy) is 2. The Balaban J connectivity index is 1.52. The molecule has 0 saturated heterocycles. The van der Waals surface area contributed by atoms with Gasteiger partial charge in [0, 0.05) is 34.6 Å². The SMILES string of the molecule is CCC(C)COc1ccc(-c2c3/c(=C(\C#N)c4ccccn4)n(B(c4ccccc4)c4ccccc4)c(-c4ccc(OCC(C)CC)cc4)c3/c(=C(\C#N)c3ccccn3)n2B(c2ccccc2)c2ccccc2)cc1. The second-order valence-corrected chi connectivity index (χ2v) is 19.4. The molecular formula is C66H58B2N6O2. The van der Waals surface area contributed by atoms with Crippen LogP contribution in [-0.2, 0) is 0 Å². The van der Waals surface area contributed by atoms with Crippen LogP contribution in [0.15, 0.2) is 219 Å². The number of nitriles is 2. The summed E-state index contributed by atoms with van der Waals surface area (Å²) in [5, 5.41) is 26.9. The molecule has 10 heteroatoms. The summed E-state index contributed by atoms with van der Waals surface area (Å²) in [6, 6.07) is 75.3. The number of fused-ring (bicyclic) bond motifs is 1. The monoisotopic (exact) mass is 988 g/mol. The molecular weight excluding hydrogens is 930 g/mol. The number of hydrogen-bond acceptors (Lipinski definition) is 6. The molecule has 0 bridgehead atoms. The molecule has 2 atom stereocenters. The minimum atomic E-state index is -0.502. The quantitative estimate of drug-likeness (QED) is 0.0794. The van der Waals surface area contributed by atoms with Crippen molar-refractivity contribution in [2.24, 2.45) is 11.8 Å². The molecule has 6 aromatic carbocycles. The Bertz CT molecular complexity index is 3430. The lowest BCUT2D eigenvalue weighted by Crippen LogP contribution is -2.54. The van der Waals surface area contributed by atoms with E-state index in [1.807, 2.05) is 84.9 Å². The first-order chi connectivity index (χ1) is 37.4. The van der Waals surface area contributed by atoms with E-state index >= 15 is 0 Å². The van der Waals surface area contributed by atoms with Gasteiger partial charge in [-0.15, -0.1) is 0 Å². The van der Waals surface area contributed by atoms with Crippen molar-refractivity contribution in [1.29, 1.82) is 10.5 Å². The normalized spacial score (nSPS) is 12.7. The molecule has 8 nitrogen and oxygen atoms in total. The van der Waals surface area contributed by atoms with Crippen molar-refractivity contribution in [3.05, 3.63) is 241 Å². The molecule has 10 aromatic rings. The van der Waals surface area contributed by atoms with Gasteiger partial charge in [0.1, 0.15) is 34.8 Å². The fraction of sp³-hybridized carbons (Fsp3) is 0.152. The van der Waals surface area contributed by atoms with Gasteiger partial charge < -0.3 is 18.4 Å². The van der Waals surface area contributed by atoms with E-state index < -0.39 is 13.7 Å². The number of rotatable bonds is 18. The first-order valence-corrected chi connectivity index (χ1v) is 26.3. The first kappa shape index (κ1) is 50.4. The highest BCUT2D eigenvalue weighted by atomic mass is 16.5. The van der Waals surface area contributed by atoms with Crippen LogP contribution in [0, 0.1) is 34.5 Å². The highest BCUT2D eigenvalue weighted by Gasteiger charge is 2.37. The zero-order valence-corrected chi connectivity index (χ0v) is 43.4. The molecule has 0 saturated carbocycles. The molecule has 0 spiro atoms. The van der Waals surface area contributed by atoms with Crippen molar-refractivity contribution < 1.29 is 9.47 Å². The zero-order chi connectivity index (χ0) is 52.4. The highest BCUT2D eigenvalue weighted by molar-refractivity contribution is 6.85. The maximum absolute atomic E-state index is 12.0. The lowest BCUT2D eigenvalue weighted by molar-refractivity contribution is 0.256. The van der Waals surface area contributed by atoms with E-state index in [0.717, 1.165) is 79.5 Å². The number of pyridine rings is 2. The van der Waals surface area contributed by atoms with E-state index in [9.17, 15) is 10.5 Å². The summed E-state index contributed by atoms with van der Waals surface area (Å²) >= 11 is 0. The Morgan fingerprint density at radius 3 is 1.04 bits per heavy atom. The predicted octanol–water partition coefficient (Wildman–Crippen LogP) is 10.2. The second kappa shape index (κ2) is 23.4. The van der Waals surface area contributed by atoms with E-state index in [4.69, 9.17) is 19.4 Å². The third-order valence-electron chi connectivity index (χ3n) is 14.4. The molecule has 0 aliphatic rings. The van der Waals surface area contributed by atoms with E-state index in [2.05, 4.69) is 170 Å². The molecule has 0 N–H and O–H groups in total. The van der Waals surface area contributed by atoms with Crippen LogP contribution in [0.2, 0.25) is 0 Å². The Morgan fingerprint density at radius 2 is 0.763 bits per heavy atom. The van der Waals surface area contributed by atoms with Crippen molar-refractivity contribution in [3.63, 3.8) is 0 Å². The van der Waals surface area contributed by atoms with Crippen LogP contribution in [-0.4, -0.2) is 45.8 Å². The molecule has 0 amide bonds. The largest absolute Gasteiger partial charge is 0.493 e. The van der Waals surface area contributed by atoms with Gasteiger partial charge in [-0.2, -0.15) is 10.5 Å². The van der Waals surface area contributed by atoms with Crippen LogP contribution >= 0.6 is 0 Å². The summed E-state index contributed by atoms with van der Waals surface area (Å²) in [6.45, 7) is 8.89. The average molecular weight is 989 g/mol. The van der Waals surface area contributed by atoms with Gasteiger partial charge in [0.05, 0.1) is 35.3 Å². The summed E-state index contributed by atoms with van der Waals surface area (Å²) in [5.41, 5.74) is 9.07. The Hall–Kier alpha value is -9.11. The van der Waals surface area contributed by atoms with Crippen LogP contribution < -0.4 is 42.0 Å². The number of aromatic nitrogens is 4. The molecule has 4 heterocycles. The molecule has 0 aliphatic carbocycles. The highest BCUT2D eigenvalue weighted by Crippen LogP contribution is 2.37. The van der Waals surface area contributed by atoms with Gasteiger partial charge in [-0.3, -0.25) is 9.97 Å². The van der Waals surface area contributed by atoms with E-state index in [0.29, 0.717) is 58.3 Å². The van der Waals surface area contributed by atoms with Crippen molar-refractivity contribution in [1.82, 2.24) is 18.9 Å². The van der Waals surface area contributed by atoms with Gasteiger partial charge in [-0.1, -0.05) is 196 Å². The van der Waals surface area contributed by atoms with Crippen LogP contribution in [0.4, 0.5) is 0 Å². The molecule has 76 heavy (non-hydrogen) atoms. The van der Waals surface area contributed by atoms with E-state index in [-0.39, 0.29) is 0 Å². The summed E-state index contributed by atoms with van der Waals surface area (Å²) in [5.74, 6) is 2.24. The van der Waals surface area contributed by atoms with Gasteiger partial charge in [-0.05, 0) is 95.8 Å². The molecule has 370 valence electrons. The number of benzene rings is 6. The van der Waals surface area contributed by atoms with Gasteiger partial charge >= 0.3 is 13.7 Å². The molecule has 0 radical (unpaired) electrons. The van der Waals surface area contributed by atoms with E-state index in [1.165, 1.54) is 0 Å². The summed E-state index contributed by atoms with van der Waals surface area (Å²) in [4.78, 5) is 9.90. The van der Waals surface area contributed by atoms with Crippen molar-refractivity contribution in [3.8, 4) is 46.2 Å². The van der Waals surface area contributed by atoms with Gasteiger partial charge in [0.25, 0.3) is 0 Å². The third kappa shape index (κ3) is 10.2. The summed E-state index contributed by atoms with van der Waals surface area (Å²) in [6.07, 6.45) is 5.47. The minimum Gasteiger partial charge on any atom is -0.493 e. The molecule has 10 rings (SSSR count). The molecule has 2 unspecified atom stereocenters. The predicted molar refractivity (Wildman–Crippen MR) is 311 cm³/mol. The third-order valence-corrected chi connectivity index (χ3v) is 14.4. The molecule has 4 aromatic heterocycles. The Morgan fingerprint density at radius 1 is 0.447 bits per heavy atom. The van der Waals surface area contributed by atoms with Gasteiger partial charge in [0.15, 0.2) is 0 Å². The fourth-order valence-electron chi connectivity index (χ4n) is 10.1. The Labute approximate surface area is 446 Å². The Kier molecular flexibility index (Phi) is 15.5. The molecule has 0 aliphatic heterocycles. The van der Waals surface area contributed by atoms with E-state index in [1.54, 1.807) is 12.4 Å². The fourth-order valence-corrected chi connectivity index (χ4v) is 10.1. The van der Waals surface area contributed by atoms with Crippen molar-refractivity contribution >= 4 is 57.5 Å². The van der Waals surface area contributed by atoms with Crippen LogP contribution in [0.3, 0.4) is 0 Å². The maximum atomic E-state index is 12.0. The van der Waals surface area contributed by atoms with Gasteiger partial charge in [0.2, 0.25) is 0 Å². The number of hydrogen-bond donors (Lipinski definition) is 0. The average Bonchev–Trinajstić information content (AvgIpc) is 4.18. The topological polar surface area (TPSA) is 102 Å². The lowest BCUT2D eigenvalue weighted by Gasteiger charge is -2.24. The van der Waals surface area contributed by atoms with Crippen LogP contribution in [0.5, 0.6) is 11.5 Å². The van der Waals surface area contributed by atoms with Crippen LogP contribution in [0.25, 0.3) is 44.4 Å². The minimum absolute atomic E-state index is 0.369. The maximum Gasteiger partial charge on any atom is 0.328 e. The first-order valence-electron chi connectivity index (χ1n) is 26.3. The standard InChI is InChI=1S/C66H58B2N6O2/c1-5-47(3)45-75-55-37-33-49(34-38-55)63-61-62(66(58(44-70)60-32-20-22-42-72-60)73(63)67(51-23-11-7-12-24-51)52-25-13-8-14-26-52)64(50-35-39-56(40-36-50)76-46-48(4)6-2)74(65(61)57(43-69)59-31-19-21-41-71-59)68(53-27-15-9-16-28-53)54-29-17-10-18-30-54/h7-42,47-48H,5-6,45-46H2,1-4H3/b65-57-,66-58-. The summed E-state index contributed by atoms with van der Waals surface area (Å²) in [7, 11) is 0. The smallest absolute Gasteiger partial charge is 0.328 e. The summed E-state index contributed by atoms with van der Waals surface area (Å²) < 4.78 is 17.5. The second-order valence-electron chi connectivity index (χ2n) is 19.4. The van der Waals surface area contributed by atoms with Crippen molar-refractivity contribution in [2.75, 3.05) is 13.2 Å². The zero-order valence-electron chi connectivity index (χ0n) is 43.4. The lowest BCUT2D eigenvalue weighted by atomic mass is 9.50.